The van der Waals surface area contributed by atoms with E-state index in [1.54, 1.807) is 60.7 Å². The second-order valence-electron chi connectivity index (χ2n) is 8.56. The minimum Gasteiger partial charge on any atom is -0.399 e. The second kappa shape index (κ2) is 11.1. The molecule has 8 nitrogen and oxygen atoms in total. The van der Waals surface area contributed by atoms with Crippen LogP contribution in [0.4, 0.5) is 22.7 Å². The Labute approximate surface area is 226 Å². The van der Waals surface area contributed by atoms with Crippen molar-refractivity contribution in [2.24, 2.45) is 0 Å². The fourth-order valence-corrected chi connectivity index (χ4v) is 5.63. The fourth-order valence-electron chi connectivity index (χ4n) is 3.97. The van der Waals surface area contributed by atoms with Gasteiger partial charge < -0.3 is 22.1 Å². The summed E-state index contributed by atoms with van der Waals surface area (Å²) in [4.78, 5) is 23.9. The third-order valence-corrected chi connectivity index (χ3v) is 7.76. The number of nitrogens with one attached hydrogen (secondary N) is 2. The number of benzene rings is 4. The van der Waals surface area contributed by atoms with E-state index in [0.29, 0.717) is 45.0 Å². The van der Waals surface area contributed by atoms with Crippen LogP contribution in [-0.4, -0.2) is 20.2 Å². The summed E-state index contributed by atoms with van der Waals surface area (Å²) in [6.45, 7) is 6.91. The molecule has 0 unspecified atom stereocenters. The molecule has 0 bridgehead atoms. The van der Waals surface area contributed by atoms with Crippen LogP contribution in [0.3, 0.4) is 0 Å². The zero-order valence-corrected chi connectivity index (χ0v) is 21.7. The number of hydrogen-bond donors (Lipinski definition) is 4. The highest BCUT2D eigenvalue weighted by Crippen LogP contribution is 2.39. The van der Waals surface area contributed by atoms with Gasteiger partial charge >= 0.3 is 0 Å². The first-order valence-electron chi connectivity index (χ1n) is 11.7. The van der Waals surface area contributed by atoms with Crippen LogP contribution in [0.5, 0.6) is 0 Å². The van der Waals surface area contributed by atoms with Crippen molar-refractivity contribution < 1.29 is 18.0 Å². The zero-order chi connectivity index (χ0) is 28.2. The molecule has 2 amide bonds. The molecule has 0 saturated heterocycles. The van der Waals surface area contributed by atoms with Crippen molar-refractivity contribution in [2.75, 3.05) is 22.1 Å². The van der Waals surface area contributed by atoms with Gasteiger partial charge in [0, 0.05) is 33.9 Å². The zero-order valence-electron chi connectivity index (χ0n) is 20.8. The Kier molecular flexibility index (Phi) is 7.64. The van der Waals surface area contributed by atoms with Crippen molar-refractivity contribution >= 4 is 44.4 Å². The SMILES string of the molecule is C=CC(=O)Nc1ccc(S(=O)(=O)c2ccc(NC(=O)C=C)cc2-c2ccc(N)cc2)c(-c2ccc(N)cc2)c1. The first kappa shape index (κ1) is 26.9. The predicted octanol–water partition coefficient (Wildman–Crippen LogP) is 5.27. The number of sulfone groups is 1. The van der Waals surface area contributed by atoms with Crippen molar-refractivity contribution in [3.63, 3.8) is 0 Å². The normalized spacial score (nSPS) is 10.9. The van der Waals surface area contributed by atoms with E-state index in [1.165, 1.54) is 24.3 Å². The van der Waals surface area contributed by atoms with Gasteiger partial charge in [0.15, 0.2) is 0 Å². The number of nitrogen functional groups attached to an aromatic ring is 2. The van der Waals surface area contributed by atoms with Gasteiger partial charge in [0.25, 0.3) is 0 Å². The Hall–Kier alpha value is -5.15. The lowest BCUT2D eigenvalue weighted by atomic mass is 10.0. The Morgan fingerprint density at radius 3 is 1.31 bits per heavy atom. The Morgan fingerprint density at radius 2 is 0.974 bits per heavy atom. The lowest BCUT2D eigenvalue weighted by Gasteiger charge is -2.17. The largest absolute Gasteiger partial charge is 0.399 e. The van der Waals surface area contributed by atoms with Crippen LogP contribution in [0, 0.1) is 0 Å². The van der Waals surface area contributed by atoms with Crippen molar-refractivity contribution in [3.8, 4) is 22.3 Å². The van der Waals surface area contributed by atoms with Crippen LogP contribution in [-0.2, 0) is 19.4 Å². The van der Waals surface area contributed by atoms with Gasteiger partial charge in [-0.05, 0) is 83.9 Å². The molecule has 0 aliphatic carbocycles. The maximum atomic E-state index is 14.3. The summed E-state index contributed by atoms with van der Waals surface area (Å²) in [5, 5.41) is 5.34. The summed E-state index contributed by atoms with van der Waals surface area (Å²) >= 11 is 0. The van der Waals surface area contributed by atoms with Gasteiger partial charge in [0.2, 0.25) is 21.7 Å². The van der Waals surface area contributed by atoms with Crippen molar-refractivity contribution in [1.29, 1.82) is 0 Å². The van der Waals surface area contributed by atoms with Gasteiger partial charge in [-0.25, -0.2) is 8.42 Å². The number of rotatable bonds is 8. The molecule has 4 aromatic rings. The van der Waals surface area contributed by atoms with E-state index in [1.807, 2.05) is 0 Å². The molecule has 0 radical (unpaired) electrons. The molecule has 0 saturated carbocycles. The van der Waals surface area contributed by atoms with Crippen molar-refractivity contribution in [2.45, 2.75) is 9.79 Å². The Balaban J connectivity index is 1.94. The van der Waals surface area contributed by atoms with Crippen molar-refractivity contribution in [3.05, 3.63) is 110 Å². The minimum atomic E-state index is -4.15. The number of hydrogen-bond acceptors (Lipinski definition) is 6. The number of amides is 2. The average Bonchev–Trinajstić information content (AvgIpc) is 2.93. The second-order valence-corrected chi connectivity index (χ2v) is 10.4. The van der Waals surface area contributed by atoms with Crippen LogP contribution in [0.1, 0.15) is 0 Å². The molecule has 9 heteroatoms. The van der Waals surface area contributed by atoms with E-state index in [9.17, 15) is 18.0 Å². The topological polar surface area (TPSA) is 144 Å². The Bertz CT molecular complexity index is 1570. The summed E-state index contributed by atoms with van der Waals surface area (Å²) in [6.07, 6.45) is 2.25. The molecule has 4 aromatic carbocycles. The molecule has 0 atom stereocenters. The van der Waals surface area contributed by atoms with Crippen LogP contribution in [0.15, 0.2) is 120 Å². The minimum absolute atomic E-state index is 0.0171. The van der Waals surface area contributed by atoms with E-state index < -0.39 is 21.7 Å². The molecule has 0 aliphatic heterocycles. The summed E-state index contributed by atoms with van der Waals surface area (Å²) in [7, 11) is -4.15. The Morgan fingerprint density at radius 1 is 0.615 bits per heavy atom. The molecule has 0 aliphatic rings. The molecule has 0 spiro atoms. The van der Waals surface area contributed by atoms with Crippen LogP contribution >= 0.6 is 0 Å². The van der Waals surface area contributed by atoms with Crippen molar-refractivity contribution in [1.82, 2.24) is 0 Å². The number of carbonyl (C=O) groups is 2. The van der Waals surface area contributed by atoms with Gasteiger partial charge in [-0.1, -0.05) is 37.4 Å². The molecule has 6 N–H and O–H groups in total. The van der Waals surface area contributed by atoms with Crippen LogP contribution in [0.25, 0.3) is 22.3 Å². The molecule has 4 rings (SSSR count). The van der Waals surface area contributed by atoms with Gasteiger partial charge in [0.1, 0.15) is 0 Å². The fraction of sp³-hybridized carbons (Fsp3) is 0. The monoisotopic (exact) mass is 538 g/mol. The highest BCUT2D eigenvalue weighted by molar-refractivity contribution is 7.91. The number of anilines is 4. The van der Waals surface area contributed by atoms with E-state index in [2.05, 4.69) is 23.8 Å². The highest BCUT2D eigenvalue weighted by Gasteiger charge is 2.26. The molecule has 0 heterocycles. The molecule has 39 heavy (non-hydrogen) atoms. The average molecular weight is 539 g/mol. The number of carbonyl (C=O) groups excluding carboxylic acids is 2. The smallest absolute Gasteiger partial charge is 0.247 e. The summed E-state index contributed by atoms with van der Waals surface area (Å²) in [5.41, 5.74) is 15.4. The third kappa shape index (κ3) is 5.89. The molecule has 0 aromatic heterocycles. The van der Waals surface area contributed by atoms with E-state index in [0.717, 1.165) is 12.2 Å². The van der Waals surface area contributed by atoms with E-state index >= 15 is 0 Å². The standard InChI is InChI=1S/C30H26N4O4S/c1-3-29(35)33-23-13-15-27(25(17-23)19-5-9-21(31)10-6-19)39(37,38)28-16-14-24(34-30(36)4-2)18-26(28)20-7-11-22(32)12-8-20/h3-18H,1-2,31-32H2,(H,33,35)(H,34,36). The summed E-state index contributed by atoms with van der Waals surface area (Å²) in [6, 6.07) is 22.6. The van der Waals surface area contributed by atoms with Gasteiger partial charge in [-0.2, -0.15) is 0 Å². The maximum absolute atomic E-state index is 14.3. The van der Waals surface area contributed by atoms with E-state index in [-0.39, 0.29) is 9.79 Å². The lowest BCUT2D eigenvalue weighted by molar-refractivity contribution is -0.112. The first-order valence-corrected chi connectivity index (χ1v) is 13.2. The summed E-state index contributed by atoms with van der Waals surface area (Å²) in [5.74, 6) is -0.867. The molecular weight excluding hydrogens is 512 g/mol. The lowest BCUT2D eigenvalue weighted by Crippen LogP contribution is -2.11. The van der Waals surface area contributed by atoms with Gasteiger partial charge in [-0.3, -0.25) is 9.59 Å². The maximum Gasteiger partial charge on any atom is 0.247 e. The number of nitrogens with two attached hydrogens (primary N) is 2. The third-order valence-electron chi connectivity index (χ3n) is 5.89. The highest BCUT2D eigenvalue weighted by atomic mass is 32.2. The predicted molar refractivity (Wildman–Crippen MR) is 156 cm³/mol. The van der Waals surface area contributed by atoms with Crippen LogP contribution < -0.4 is 22.1 Å². The summed E-state index contributed by atoms with van der Waals surface area (Å²) < 4.78 is 28.6. The van der Waals surface area contributed by atoms with Gasteiger partial charge in [-0.15, -0.1) is 0 Å². The first-order chi connectivity index (χ1) is 18.6. The quantitative estimate of drug-likeness (QED) is 0.178. The van der Waals surface area contributed by atoms with Crippen LogP contribution in [0.2, 0.25) is 0 Å². The molecule has 196 valence electrons. The molecule has 0 fully saturated rings. The molecular formula is C30H26N4O4S. The van der Waals surface area contributed by atoms with E-state index in [4.69, 9.17) is 11.5 Å². The van der Waals surface area contributed by atoms with Gasteiger partial charge in [0.05, 0.1) is 9.79 Å².